The lowest BCUT2D eigenvalue weighted by Gasteiger charge is -2.27. The fourth-order valence-corrected chi connectivity index (χ4v) is 1.91. The van der Waals surface area contributed by atoms with Crippen molar-refractivity contribution in [3.8, 4) is 0 Å². The molecule has 2 rings (SSSR count). The molecule has 19 heavy (non-hydrogen) atoms. The van der Waals surface area contributed by atoms with Crippen LogP contribution in [0, 0.1) is 0 Å². The van der Waals surface area contributed by atoms with E-state index in [1.54, 1.807) is 0 Å². The molecular formula is C16H18ClNO. The SMILES string of the molecule is CC(OCc1ccc(Cl)cc1)N(C)c1ccccc1. The minimum absolute atomic E-state index is 0.0121. The normalized spacial score (nSPS) is 12.2. The van der Waals surface area contributed by atoms with Crippen LogP contribution in [0.3, 0.4) is 0 Å². The molecule has 0 N–H and O–H groups in total. The number of ether oxygens (including phenoxy) is 1. The lowest BCUT2D eigenvalue weighted by Crippen LogP contribution is -2.31. The van der Waals surface area contributed by atoms with Gasteiger partial charge in [0, 0.05) is 17.8 Å². The Hall–Kier alpha value is -1.51. The van der Waals surface area contributed by atoms with E-state index in [1.165, 1.54) is 0 Å². The molecule has 0 aliphatic rings. The molecule has 0 saturated carbocycles. The fourth-order valence-electron chi connectivity index (χ4n) is 1.78. The second kappa shape index (κ2) is 6.60. The molecule has 0 spiro atoms. The van der Waals surface area contributed by atoms with Crippen LogP contribution in [-0.2, 0) is 11.3 Å². The summed E-state index contributed by atoms with van der Waals surface area (Å²) in [7, 11) is 2.03. The van der Waals surface area contributed by atoms with Crippen LogP contribution in [0.5, 0.6) is 0 Å². The Morgan fingerprint density at radius 1 is 1.05 bits per heavy atom. The summed E-state index contributed by atoms with van der Waals surface area (Å²) in [6.07, 6.45) is 0.0121. The quantitative estimate of drug-likeness (QED) is 0.753. The van der Waals surface area contributed by atoms with Gasteiger partial charge >= 0.3 is 0 Å². The molecule has 0 aliphatic heterocycles. The van der Waals surface area contributed by atoms with Gasteiger partial charge in [0.2, 0.25) is 0 Å². The van der Waals surface area contributed by atoms with Crippen molar-refractivity contribution in [2.75, 3.05) is 11.9 Å². The van der Waals surface area contributed by atoms with Gasteiger partial charge in [0.25, 0.3) is 0 Å². The van der Waals surface area contributed by atoms with Crippen molar-refractivity contribution < 1.29 is 4.74 Å². The van der Waals surface area contributed by atoms with Crippen molar-refractivity contribution in [3.05, 3.63) is 65.2 Å². The summed E-state index contributed by atoms with van der Waals surface area (Å²) in [6, 6.07) is 17.9. The lowest BCUT2D eigenvalue weighted by atomic mass is 10.2. The van der Waals surface area contributed by atoms with E-state index in [4.69, 9.17) is 16.3 Å². The van der Waals surface area contributed by atoms with E-state index in [2.05, 4.69) is 17.0 Å². The van der Waals surface area contributed by atoms with Crippen LogP contribution in [0.1, 0.15) is 12.5 Å². The second-order valence-corrected chi connectivity index (χ2v) is 4.92. The highest BCUT2D eigenvalue weighted by molar-refractivity contribution is 6.30. The molecule has 0 bridgehead atoms. The first-order valence-corrected chi connectivity index (χ1v) is 6.68. The molecular weight excluding hydrogens is 258 g/mol. The Bertz CT molecular complexity index is 498. The van der Waals surface area contributed by atoms with E-state index >= 15 is 0 Å². The van der Waals surface area contributed by atoms with Gasteiger partial charge in [0.15, 0.2) is 0 Å². The molecule has 100 valence electrons. The van der Waals surface area contributed by atoms with Gasteiger partial charge in [-0.1, -0.05) is 41.9 Å². The van der Waals surface area contributed by atoms with Crippen LogP contribution < -0.4 is 4.90 Å². The maximum atomic E-state index is 5.87. The van der Waals surface area contributed by atoms with Crippen molar-refractivity contribution in [1.29, 1.82) is 0 Å². The van der Waals surface area contributed by atoms with Crippen molar-refractivity contribution in [2.45, 2.75) is 19.8 Å². The zero-order valence-electron chi connectivity index (χ0n) is 11.2. The number of anilines is 1. The van der Waals surface area contributed by atoms with Crippen LogP contribution >= 0.6 is 11.6 Å². The Labute approximate surface area is 119 Å². The summed E-state index contributed by atoms with van der Waals surface area (Å²) < 4.78 is 5.87. The molecule has 0 saturated heterocycles. The molecule has 0 amide bonds. The fraction of sp³-hybridized carbons (Fsp3) is 0.250. The van der Waals surface area contributed by atoms with E-state index < -0.39 is 0 Å². The molecule has 0 radical (unpaired) electrons. The Balaban J connectivity index is 1.90. The number of benzene rings is 2. The van der Waals surface area contributed by atoms with Crippen molar-refractivity contribution in [1.82, 2.24) is 0 Å². The summed E-state index contributed by atoms with van der Waals surface area (Å²) in [5.41, 5.74) is 2.27. The smallest absolute Gasteiger partial charge is 0.127 e. The van der Waals surface area contributed by atoms with E-state index in [9.17, 15) is 0 Å². The van der Waals surface area contributed by atoms with E-state index in [1.807, 2.05) is 56.4 Å². The summed E-state index contributed by atoms with van der Waals surface area (Å²) in [6.45, 7) is 2.62. The first-order chi connectivity index (χ1) is 9.16. The minimum Gasteiger partial charge on any atom is -0.354 e. The molecule has 1 unspecified atom stereocenters. The highest BCUT2D eigenvalue weighted by atomic mass is 35.5. The van der Waals surface area contributed by atoms with Gasteiger partial charge in [-0.2, -0.15) is 0 Å². The van der Waals surface area contributed by atoms with Crippen molar-refractivity contribution in [2.24, 2.45) is 0 Å². The topological polar surface area (TPSA) is 12.5 Å². The molecule has 0 fully saturated rings. The zero-order chi connectivity index (χ0) is 13.7. The molecule has 0 aromatic heterocycles. The number of hydrogen-bond donors (Lipinski definition) is 0. The first-order valence-electron chi connectivity index (χ1n) is 6.31. The number of para-hydroxylation sites is 1. The molecule has 3 heteroatoms. The monoisotopic (exact) mass is 275 g/mol. The van der Waals surface area contributed by atoms with Crippen LogP contribution in [0.4, 0.5) is 5.69 Å². The Morgan fingerprint density at radius 2 is 1.68 bits per heavy atom. The number of rotatable bonds is 5. The van der Waals surface area contributed by atoms with Gasteiger partial charge in [-0.3, -0.25) is 0 Å². The highest BCUT2D eigenvalue weighted by Gasteiger charge is 2.09. The molecule has 0 heterocycles. The van der Waals surface area contributed by atoms with Gasteiger partial charge in [-0.25, -0.2) is 0 Å². The van der Waals surface area contributed by atoms with Crippen molar-refractivity contribution in [3.63, 3.8) is 0 Å². The summed E-state index contributed by atoms with van der Waals surface area (Å²) in [5.74, 6) is 0. The lowest BCUT2D eigenvalue weighted by molar-refractivity contribution is 0.0540. The van der Waals surface area contributed by atoms with Crippen LogP contribution in [0.15, 0.2) is 54.6 Å². The van der Waals surface area contributed by atoms with Crippen LogP contribution in [0.25, 0.3) is 0 Å². The van der Waals surface area contributed by atoms with Crippen LogP contribution in [-0.4, -0.2) is 13.3 Å². The van der Waals surface area contributed by atoms with E-state index in [0.29, 0.717) is 6.61 Å². The average Bonchev–Trinajstić information content (AvgIpc) is 2.46. The average molecular weight is 276 g/mol. The number of nitrogens with zero attached hydrogens (tertiary/aromatic N) is 1. The summed E-state index contributed by atoms with van der Waals surface area (Å²) in [4.78, 5) is 2.11. The third kappa shape index (κ3) is 3.98. The zero-order valence-corrected chi connectivity index (χ0v) is 12.0. The third-order valence-electron chi connectivity index (χ3n) is 3.11. The summed E-state index contributed by atoms with van der Waals surface area (Å²) in [5, 5.41) is 0.748. The summed E-state index contributed by atoms with van der Waals surface area (Å²) >= 11 is 5.86. The van der Waals surface area contributed by atoms with Gasteiger partial charge < -0.3 is 9.64 Å². The number of hydrogen-bond acceptors (Lipinski definition) is 2. The minimum atomic E-state index is 0.0121. The Kier molecular flexibility index (Phi) is 4.83. The molecule has 2 nitrogen and oxygen atoms in total. The van der Waals surface area contributed by atoms with Gasteiger partial charge in [-0.05, 0) is 36.8 Å². The van der Waals surface area contributed by atoms with Gasteiger partial charge in [0.1, 0.15) is 6.23 Å². The van der Waals surface area contributed by atoms with Crippen LogP contribution in [0.2, 0.25) is 5.02 Å². The predicted octanol–water partition coefficient (Wildman–Crippen LogP) is 4.34. The highest BCUT2D eigenvalue weighted by Crippen LogP contribution is 2.16. The molecule has 2 aromatic carbocycles. The first kappa shape index (κ1) is 13.9. The standard InChI is InChI=1S/C16H18ClNO/c1-13(18(2)16-6-4-3-5-7-16)19-12-14-8-10-15(17)11-9-14/h3-11,13H,12H2,1-2H3. The molecule has 1 atom stereocenters. The van der Waals surface area contributed by atoms with E-state index in [0.717, 1.165) is 16.3 Å². The van der Waals surface area contributed by atoms with Gasteiger partial charge in [0.05, 0.1) is 6.61 Å². The maximum absolute atomic E-state index is 5.87. The number of halogens is 1. The predicted molar refractivity (Wildman–Crippen MR) is 80.5 cm³/mol. The van der Waals surface area contributed by atoms with Gasteiger partial charge in [-0.15, -0.1) is 0 Å². The molecule has 2 aromatic rings. The van der Waals surface area contributed by atoms with E-state index in [-0.39, 0.29) is 6.23 Å². The second-order valence-electron chi connectivity index (χ2n) is 4.48. The maximum Gasteiger partial charge on any atom is 0.127 e. The Morgan fingerprint density at radius 3 is 2.32 bits per heavy atom. The van der Waals surface area contributed by atoms with Crippen molar-refractivity contribution >= 4 is 17.3 Å². The third-order valence-corrected chi connectivity index (χ3v) is 3.37. The largest absolute Gasteiger partial charge is 0.354 e. The molecule has 0 aliphatic carbocycles.